The van der Waals surface area contributed by atoms with Crippen LogP contribution in [0.2, 0.25) is 0 Å². The van der Waals surface area contributed by atoms with Crippen LogP contribution in [0.25, 0.3) is 16.7 Å². The zero-order valence-electron chi connectivity index (χ0n) is 21.8. The van der Waals surface area contributed by atoms with Gasteiger partial charge in [0.1, 0.15) is 5.65 Å². The number of hydrogen-bond donors (Lipinski definition) is 6. The standard InChI is InChI=1S/C28H40N8O/c1-19(29)31-15-11-23-3-2-4-26(33-23)20-5-7-25(8-6-20)36-18-21-17-24(34-27(21)35-28(36)37)12-16-32-22-9-13-30-14-10-22/h5-8,17-18,22-23,26,30,32-33H,2-4,9-16H2,1H3,(H2,29,31)(H,34,35,37)/t23-,26-/m0/s1. The summed E-state index contributed by atoms with van der Waals surface area (Å²) in [4.78, 5) is 20.5. The quantitative estimate of drug-likeness (QED) is 0.197. The number of hydrogen-bond acceptors (Lipinski definition) is 6. The summed E-state index contributed by atoms with van der Waals surface area (Å²) in [5.41, 5.74) is 3.56. The highest BCUT2D eigenvalue weighted by molar-refractivity contribution is 5.76. The molecule has 0 amide bonds. The van der Waals surface area contributed by atoms with Crippen LogP contribution in [-0.4, -0.2) is 58.6 Å². The molecule has 198 valence electrons. The summed E-state index contributed by atoms with van der Waals surface area (Å²) >= 11 is 0. The van der Waals surface area contributed by atoms with E-state index < -0.39 is 0 Å². The van der Waals surface area contributed by atoms with Crippen molar-refractivity contribution in [2.45, 2.75) is 70.0 Å². The maximum atomic E-state index is 12.8. The molecule has 2 fully saturated rings. The lowest BCUT2D eigenvalue weighted by Crippen LogP contribution is -2.40. The van der Waals surface area contributed by atoms with Crippen molar-refractivity contribution in [2.75, 3.05) is 26.2 Å². The monoisotopic (exact) mass is 504 g/mol. The van der Waals surface area contributed by atoms with Crippen molar-refractivity contribution in [3.05, 3.63) is 58.3 Å². The zero-order chi connectivity index (χ0) is 25.6. The van der Waals surface area contributed by atoms with Crippen molar-refractivity contribution in [3.8, 4) is 5.69 Å². The third kappa shape index (κ3) is 6.66. The van der Waals surface area contributed by atoms with Gasteiger partial charge in [0, 0.05) is 54.9 Å². The zero-order valence-corrected chi connectivity index (χ0v) is 21.8. The molecule has 2 aliphatic rings. The van der Waals surface area contributed by atoms with Crippen LogP contribution in [0.3, 0.4) is 0 Å². The van der Waals surface area contributed by atoms with Gasteiger partial charge in [-0.1, -0.05) is 18.6 Å². The maximum absolute atomic E-state index is 12.8. The minimum absolute atomic E-state index is 0.272. The largest absolute Gasteiger partial charge is 0.374 e. The number of amidine groups is 1. The molecule has 2 aromatic heterocycles. The molecule has 2 atom stereocenters. The van der Waals surface area contributed by atoms with Gasteiger partial charge in [0.05, 0.1) is 11.5 Å². The second-order valence-electron chi connectivity index (χ2n) is 10.5. The predicted octanol–water partition coefficient (Wildman–Crippen LogP) is 2.76. The van der Waals surface area contributed by atoms with Gasteiger partial charge in [0.25, 0.3) is 0 Å². The molecule has 0 unspecified atom stereocenters. The fourth-order valence-electron chi connectivity index (χ4n) is 5.62. The molecule has 9 nitrogen and oxygen atoms in total. The van der Waals surface area contributed by atoms with Gasteiger partial charge in [0.15, 0.2) is 0 Å². The summed E-state index contributed by atoms with van der Waals surface area (Å²) in [6.45, 7) is 5.69. The molecule has 0 saturated carbocycles. The van der Waals surface area contributed by atoms with Gasteiger partial charge < -0.3 is 26.3 Å². The Morgan fingerprint density at radius 2 is 1.95 bits per heavy atom. The Morgan fingerprint density at radius 3 is 2.73 bits per heavy atom. The molecule has 37 heavy (non-hydrogen) atoms. The number of piperidine rings is 2. The van der Waals surface area contributed by atoms with Crippen molar-refractivity contribution < 1.29 is 0 Å². The van der Waals surface area contributed by atoms with Crippen molar-refractivity contribution in [1.29, 1.82) is 5.41 Å². The molecule has 2 saturated heterocycles. The summed E-state index contributed by atoms with van der Waals surface area (Å²) in [7, 11) is 0. The third-order valence-electron chi connectivity index (χ3n) is 7.67. The summed E-state index contributed by atoms with van der Waals surface area (Å²) in [5, 5.41) is 22.4. The fraction of sp³-hybridized carbons (Fsp3) is 0.536. The van der Waals surface area contributed by atoms with Crippen LogP contribution in [0, 0.1) is 5.41 Å². The molecule has 4 heterocycles. The number of H-pyrrole nitrogens is 1. The van der Waals surface area contributed by atoms with E-state index in [4.69, 9.17) is 5.41 Å². The molecule has 6 N–H and O–H groups in total. The fourth-order valence-corrected chi connectivity index (χ4v) is 5.62. The van der Waals surface area contributed by atoms with Gasteiger partial charge in [-0.15, -0.1) is 0 Å². The van der Waals surface area contributed by atoms with E-state index in [0.29, 0.717) is 29.6 Å². The van der Waals surface area contributed by atoms with Gasteiger partial charge in [0.2, 0.25) is 0 Å². The highest BCUT2D eigenvalue weighted by Crippen LogP contribution is 2.27. The highest BCUT2D eigenvalue weighted by atomic mass is 16.1. The Labute approximate surface area is 218 Å². The van der Waals surface area contributed by atoms with E-state index in [2.05, 4.69) is 49.4 Å². The van der Waals surface area contributed by atoms with Gasteiger partial charge in [-0.25, -0.2) is 4.79 Å². The second kappa shape index (κ2) is 12.0. The number of nitrogens with one attached hydrogen (secondary N) is 6. The van der Waals surface area contributed by atoms with Crippen LogP contribution in [0.1, 0.15) is 62.7 Å². The Morgan fingerprint density at radius 1 is 1.14 bits per heavy atom. The lowest BCUT2D eigenvalue weighted by atomic mass is 9.92. The minimum Gasteiger partial charge on any atom is -0.374 e. The van der Waals surface area contributed by atoms with E-state index >= 15 is 0 Å². The average Bonchev–Trinajstić information content (AvgIpc) is 3.30. The number of aromatic amines is 1. The van der Waals surface area contributed by atoms with Crippen LogP contribution in [-0.2, 0) is 6.42 Å². The smallest absolute Gasteiger partial charge is 0.354 e. The number of nitrogens with zero attached hydrogens (tertiary/aromatic N) is 2. The third-order valence-corrected chi connectivity index (χ3v) is 7.67. The number of aromatic nitrogens is 3. The topological polar surface area (TPSA) is 123 Å². The van der Waals surface area contributed by atoms with Crippen LogP contribution in [0.5, 0.6) is 0 Å². The molecule has 0 bridgehead atoms. The van der Waals surface area contributed by atoms with Crippen LogP contribution in [0.4, 0.5) is 0 Å². The lowest BCUT2D eigenvalue weighted by Gasteiger charge is -2.31. The molecule has 0 radical (unpaired) electrons. The van der Waals surface area contributed by atoms with Crippen LogP contribution in [0.15, 0.2) is 41.3 Å². The SMILES string of the molecule is CC(=N)NCC[C@@H]1CCC[C@@H](c2ccc(-n3cc4cc(CCNC5CCNCC5)[nH]c4nc3=O)cc2)N1. The van der Waals surface area contributed by atoms with E-state index in [0.717, 1.165) is 62.2 Å². The van der Waals surface area contributed by atoms with E-state index in [-0.39, 0.29) is 5.69 Å². The number of fused-ring (bicyclic) bond motifs is 1. The summed E-state index contributed by atoms with van der Waals surface area (Å²) < 4.78 is 1.64. The lowest BCUT2D eigenvalue weighted by molar-refractivity contribution is 0.312. The summed E-state index contributed by atoms with van der Waals surface area (Å²) in [6, 6.07) is 11.8. The van der Waals surface area contributed by atoms with Crippen molar-refractivity contribution in [2.24, 2.45) is 0 Å². The van der Waals surface area contributed by atoms with E-state index in [1.165, 1.54) is 31.2 Å². The normalized spacial score (nSPS) is 20.8. The molecule has 9 heteroatoms. The molecule has 3 aromatic rings. The number of rotatable bonds is 9. The summed E-state index contributed by atoms with van der Waals surface area (Å²) in [5.74, 6) is 0.520. The van der Waals surface area contributed by atoms with Crippen LogP contribution < -0.4 is 27.0 Å². The van der Waals surface area contributed by atoms with Gasteiger partial charge in [-0.05, 0) is 75.9 Å². The molecule has 0 spiro atoms. The first-order valence-electron chi connectivity index (χ1n) is 13.8. The minimum atomic E-state index is -0.272. The van der Waals surface area contributed by atoms with Gasteiger partial charge in [-0.2, -0.15) is 4.98 Å². The van der Waals surface area contributed by atoms with E-state index in [1.54, 1.807) is 11.5 Å². The van der Waals surface area contributed by atoms with E-state index in [9.17, 15) is 4.79 Å². The molecule has 1 aromatic carbocycles. The first-order valence-corrected chi connectivity index (χ1v) is 13.8. The Kier molecular flexibility index (Phi) is 8.33. The van der Waals surface area contributed by atoms with Crippen molar-refractivity contribution in [1.82, 2.24) is 35.8 Å². The molecule has 0 aliphatic carbocycles. The Balaban J connectivity index is 1.22. The molecular weight excluding hydrogens is 464 g/mol. The average molecular weight is 505 g/mol. The molecule has 2 aliphatic heterocycles. The van der Waals surface area contributed by atoms with Crippen molar-refractivity contribution >= 4 is 16.9 Å². The first-order chi connectivity index (χ1) is 18.0. The highest BCUT2D eigenvalue weighted by Gasteiger charge is 2.22. The number of benzene rings is 1. The Bertz CT molecular complexity index is 1240. The van der Waals surface area contributed by atoms with Crippen molar-refractivity contribution in [3.63, 3.8) is 0 Å². The first kappa shape index (κ1) is 25.6. The van der Waals surface area contributed by atoms with Crippen LogP contribution >= 0.6 is 0 Å². The molecule has 5 rings (SSSR count). The van der Waals surface area contributed by atoms with Gasteiger partial charge in [-0.3, -0.25) is 9.98 Å². The predicted molar refractivity (Wildman–Crippen MR) is 149 cm³/mol. The second-order valence-corrected chi connectivity index (χ2v) is 10.5. The molecular formula is C28H40N8O. The maximum Gasteiger partial charge on any atom is 0.354 e. The van der Waals surface area contributed by atoms with Gasteiger partial charge >= 0.3 is 5.69 Å². The van der Waals surface area contributed by atoms with E-state index in [1.807, 2.05) is 18.3 Å². The Hall–Kier alpha value is -3.01. The summed E-state index contributed by atoms with van der Waals surface area (Å²) in [6.07, 6.45) is 9.61.